The van der Waals surface area contributed by atoms with Gasteiger partial charge in [0, 0.05) is 19.6 Å². The van der Waals surface area contributed by atoms with Crippen molar-refractivity contribution in [3.63, 3.8) is 0 Å². The van der Waals surface area contributed by atoms with Crippen LogP contribution in [-0.4, -0.2) is 52.7 Å². The fraction of sp³-hybridized carbons (Fsp3) is 0.625. The first-order chi connectivity index (χ1) is 10.4. The summed E-state index contributed by atoms with van der Waals surface area (Å²) in [6.07, 6.45) is 0.790. The number of ether oxygens (including phenoxy) is 1. The summed E-state index contributed by atoms with van der Waals surface area (Å²) in [6.45, 7) is 7.07. The van der Waals surface area contributed by atoms with Crippen LogP contribution in [-0.2, 0) is 14.8 Å². The van der Waals surface area contributed by atoms with Gasteiger partial charge in [-0.15, -0.1) is 0 Å². The van der Waals surface area contributed by atoms with E-state index in [1.807, 2.05) is 12.1 Å². The molecule has 1 N–H and O–H groups in total. The molecule has 0 aliphatic carbocycles. The molecule has 22 heavy (non-hydrogen) atoms. The maximum atomic E-state index is 12.3. The Morgan fingerprint density at radius 2 is 2.00 bits per heavy atom. The third-order valence-corrected chi connectivity index (χ3v) is 5.43. The number of benzene rings is 1. The highest BCUT2D eigenvalue weighted by molar-refractivity contribution is 7.89. The van der Waals surface area contributed by atoms with Crippen LogP contribution in [0.5, 0.6) is 0 Å². The van der Waals surface area contributed by atoms with Gasteiger partial charge in [-0.3, -0.25) is 0 Å². The Bertz CT molecular complexity index is 570. The van der Waals surface area contributed by atoms with E-state index in [1.165, 1.54) is 0 Å². The van der Waals surface area contributed by atoms with Crippen LogP contribution in [0.1, 0.15) is 31.7 Å². The van der Waals surface area contributed by atoms with Crippen LogP contribution in [0.3, 0.4) is 0 Å². The Morgan fingerprint density at radius 1 is 1.32 bits per heavy atom. The van der Waals surface area contributed by atoms with E-state index >= 15 is 0 Å². The Morgan fingerprint density at radius 3 is 2.59 bits per heavy atom. The molecule has 5 nitrogen and oxygen atoms in total. The van der Waals surface area contributed by atoms with Gasteiger partial charge in [0.2, 0.25) is 10.0 Å². The predicted octanol–water partition coefficient (Wildman–Crippen LogP) is 1.81. The van der Waals surface area contributed by atoms with Gasteiger partial charge in [-0.25, -0.2) is 13.1 Å². The molecule has 1 atom stereocenters. The van der Waals surface area contributed by atoms with Gasteiger partial charge in [-0.05, 0) is 37.1 Å². The van der Waals surface area contributed by atoms with Gasteiger partial charge >= 0.3 is 0 Å². The van der Waals surface area contributed by atoms with E-state index in [-0.39, 0.29) is 6.10 Å². The lowest BCUT2D eigenvalue weighted by Crippen LogP contribution is -2.41. The van der Waals surface area contributed by atoms with Crippen molar-refractivity contribution in [2.75, 3.05) is 33.3 Å². The minimum absolute atomic E-state index is 0.102. The van der Waals surface area contributed by atoms with E-state index in [9.17, 15) is 8.42 Å². The first kappa shape index (κ1) is 17.4. The zero-order valence-corrected chi connectivity index (χ0v) is 14.4. The highest BCUT2D eigenvalue weighted by Crippen LogP contribution is 2.17. The Labute approximate surface area is 133 Å². The van der Waals surface area contributed by atoms with Gasteiger partial charge in [0.15, 0.2) is 0 Å². The Hall–Kier alpha value is -0.950. The molecule has 1 aromatic rings. The first-order valence-electron chi connectivity index (χ1n) is 7.78. The number of nitrogens with one attached hydrogen (secondary N) is 1. The van der Waals surface area contributed by atoms with Gasteiger partial charge in [-0.2, -0.15) is 0 Å². The average molecular weight is 326 g/mol. The topological polar surface area (TPSA) is 58.6 Å². The molecule has 0 spiro atoms. The van der Waals surface area contributed by atoms with E-state index in [4.69, 9.17) is 4.74 Å². The third-order valence-electron chi connectivity index (χ3n) is 3.96. The third kappa shape index (κ3) is 4.78. The molecule has 0 radical (unpaired) electrons. The average Bonchev–Trinajstić information content (AvgIpc) is 2.47. The lowest BCUT2D eigenvalue weighted by Gasteiger charge is -2.30. The lowest BCUT2D eigenvalue weighted by molar-refractivity contribution is -0.0222. The summed E-state index contributed by atoms with van der Waals surface area (Å²) in [5, 5.41) is 0. The van der Waals surface area contributed by atoms with Crippen molar-refractivity contribution < 1.29 is 13.2 Å². The van der Waals surface area contributed by atoms with Crippen LogP contribution in [0.15, 0.2) is 29.2 Å². The highest BCUT2D eigenvalue weighted by atomic mass is 32.2. The van der Waals surface area contributed by atoms with Crippen LogP contribution < -0.4 is 4.72 Å². The number of rotatable bonds is 6. The van der Waals surface area contributed by atoms with E-state index in [1.54, 1.807) is 12.1 Å². The highest BCUT2D eigenvalue weighted by Gasteiger charge is 2.19. The smallest absolute Gasteiger partial charge is 0.240 e. The molecule has 6 heteroatoms. The molecule has 1 heterocycles. The van der Waals surface area contributed by atoms with Gasteiger partial charge in [0.05, 0.1) is 17.6 Å². The van der Waals surface area contributed by atoms with Crippen molar-refractivity contribution >= 4 is 10.0 Å². The summed E-state index contributed by atoms with van der Waals surface area (Å²) in [5.41, 5.74) is 1.14. The molecule has 2 rings (SSSR count). The molecule has 0 aromatic heterocycles. The SMILES string of the molecule is CC(C)c1ccc(S(=O)(=O)NCCC2CN(C)CCO2)cc1. The minimum Gasteiger partial charge on any atom is -0.376 e. The zero-order chi connectivity index (χ0) is 16.2. The van der Waals surface area contributed by atoms with Gasteiger partial charge in [-0.1, -0.05) is 26.0 Å². The molecule has 0 saturated carbocycles. The molecular formula is C16H26N2O3S. The number of hydrogen-bond donors (Lipinski definition) is 1. The summed E-state index contributed by atoms with van der Waals surface area (Å²) in [5.74, 6) is 0.394. The first-order valence-corrected chi connectivity index (χ1v) is 9.26. The second kappa shape index (κ2) is 7.55. The van der Waals surface area contributed by atoms with Crippen molar-refractivity contribution in [2.45, 2.75) is 37.2 Å². The monoisotopic (exact) mass is 326 g/mol. The van der Waals surface area contributed by atoms with Crippen molar-refractivity contribution in [3.05, 3.63) is 29.8 Å². The molecule has 0 amide bonds. The maximum absolute atomic E-state index is 12.3. The van der Waals surface area contributed by atoms with Crippen LogP contribution >= 0.6 is 0 Å². The number of likely N-dealkylation sites (N-methyl/N-ethyl adjacent to an activating group) is 1. The summed E-state index contributed by atoms with van der Waals surface area (Å²) in [4.78, 5) is 2.52. The lowest BCUT2D eigenvalue weighted by atomic mass is 10.0. The molecule has 1 aliphatic rings. The van der Waals surface area contributed by atoms with E-state index in [0.717, 1.165) is 18.7 Å². The fourth-order valence-corrected chi connectivity index (χ4v) is 3.56. The van der Waals surface area contributed by atoms with Crippen molar-refractivity contribution in [1.29, 1.82) is 0 Å². The molecule has 1 aromatic carbocycles. The van der Waals surface area contributed by atoms with Crippen molar-refractivity contribution in [1.82, 2.24) is 9.62 Å². The summed E-state index contributed by atoms with van der Waals surface area (Å²) in [7, 11) is -1.38. The second-order valence-electron chi connectivity index (χ2n) is 6.17. The Kier molecular flexibility index (Phi) is 5.97. The van der Waals surface area contributed by atoms with Crippen LogP contribution in [0, 0.1) is 0 Å². The van der Waals surface area contributed by atoms with E-state index in [0.29, 0.717) is 30.4 Å². The molecule has 1 unspecified atom stereocenters. The minimum atomic E-state index is -3.44. The quantitative estimate of drug-likeness (QED) is 0.866. The summed E-state index contributed by atoms with van der Waals surface area (Å²) < 4.78 is 32.8. The molecule has 1 fully saturated rings. The predicted molar refractivity (Wildman–Crippen MR) is 87.6 cm³/mol. The molecule has 0 bridgehead atoms. The molecule has 1 aliphatic heterocycles. The summed E-state index contributed by atoms with van der Waals surface area (Å²) >= 11 is 0. The molecule has 1 saturated heterocycles. The van der Waals surface area contributed by atoms with Gasteiger partial charge < -0.3 is 9.64 Å². The van der Waals surface area contributed by atoms with E-state index in [2.05, 4.69) is 30.5 Å². The zero-order valence-electron chi connectivity index (χ0n) is 13.6. The maximum Gasteiger partial charge on any atom is 0.240 e. The standard InChI is InChI=1S/C16H26N2O3S/c1-13(2)14-4-6-16(7-5-14)22(19,20)17-9-8-15-12-18(3)10-11-21-15/h4-7,13,15,17H,8-12H2,1-3H3. The van der Waals surface area contributed by atoms with Gasteiger partial charge in [0.1, 0.15) is 0 Å². The van der Waals surface area contributed by atoms with Crippen LogP contribution in [0.2, 0.25) is 0 Å². The number of morpholine rings is 1. The van der Waals surface area contributed by atoms with Gasteiger partial charge in [0.25, 0.3) is 0 Å². The van der Waals surface area contributed by atoms with Crippen LogP contribution in [0.4, 0.5) is 0 Å². The van der Waals surface area contributed by atoms with Crippen LogP contribution in [0.25, 0.3) is 0 Å². The normalized spacial score (nSPS) is 20.5. The molecular weight excluding hydrogens is 300 g/mol. The fourth-order valence-electron chi connectivity index (χ4n) is 2.51. The number of sulfonamides is 1. The molecule has 124 valence electrons. The second-order valence-corrected chi connectivity index (χ2v) is 7.93. The summed E-state index contributed by atoms with van der Waals surface area (Å²) in [6, 6.07) is 7.09. The Balaban J connectivity index is 1.88. The number of hydrogen-bond acceptors (Lipinski definition) is 4. The number of nitrogens with zero attached hydrogens (tertiary/aromatic N) is 1. The largest absolute Gasteiger partial charge is 0.376 e. The van der Waals surface area contributed by atoms with Crippen molar-refractivity contribution in [3.8, 4) is 0 Å². The van der Waals surface area contributed by atoms with E-state index < -0.39 is 10.0 Å². The van der Waals surface area contributed by atoms with Crippen molar-refractivity contribution in [2.24, 2.45) is 0 Å².